The lowest BCUT2D eigenvalue weighted by Crippen LogP contribution is -2.45. The average molecular weight is 389 g/mol. The lowest BCUT2D eigenvalue weighted by molar-refractivity contribution is 0.127. The number of rotatable bonds is 8. The van der Waals surface area contributed by atoms with Crippen molar-refractivity contribution in [1.82, 2.24) is 15.6 Å². The molecule has 1 aromatic carbocycles. The van der Waals surface area contributed by atoms with Crippen molar-refractivity contribution in [3.8, 4) is 10.6 Å². The van der Waals surface area contributed by atoms with Gasteiger partial charge in [0.1, 0.15) is 5.01 Å². The van der Waals surface area contributed by atoms with Crippen LogP contribution in [0.4, 0.5) is 0 Å². The molecule has 1 aromatic heterocycles. The highest BCUT2D eigenvalue weighted by Gasteiger charge is 2.34. The van der Waals surface area contributed by atoms with Crippen molar-refractivity contribution in [2.24, 2.45) is 10.4 Å². The first-order chi connectivity index (χ1) is 13.2. The lowest BCUT2D eigenvalue weighted by Gasteiger charge is -2.27. The van der Waals surface area contributed by atoms with Gasteiger partial charge >= 0.3 is 0 Å². The van der Waals surface area contributed by atoms with Gasteiger partial charge in [-0.15, -0.1) is 11.3 Å². The van der Waals surface area contributed by atoms with E-state index in [2.05, 4.69) is 33.1 Å². The first-order valence-corrected chi connectivity index (χ1v) is 10.3. The van der Waals surface area contributed by atoms with E-state index in [1.165, 1.54) is 0 Å². The van der Waals surface area contributed by atoms with Crippen LogP contribution in [0.1, 0.15) is 18.5 Å². The summed E-state index contributed by atoms with van der Waals surface area (Å²) in [5, 5.41) is 19.2. The van der Waals surface area contributed by atoms with Gasteiger partial charge in [-0.25, -0.2) is 4.98 Å². The predicted octanol–water partition coefficient (Wildman–Crippen LogP) is 2.31. The maximum atomic E-state index is 9.33. The zero-order valence-electron chi connectivity index (χ0n) is 15.8. The quantitative estimate of drug-likeness (QED) is 0.478. The minimum Gasteiger partial charge on any atom is -0.396 e. The average Bonchev–Trinajstić information content (AvgIpc) is 3.36. The summed E-state index contributed by atoms with van der Waals surface area (Å²) in [6.45, 7) is 3.16. The normalized spacial score (nSPS) is 20.0. The number of aliphatic imine (C=N–C) groups is 1. The Balaban J connectivity index is 1.45. The molecule has 27 heavy (non-hydrogen) atoms. The molecule has 3 N–H and O–H groups in total. The minimum atomic E-state index is 0.00582. The second-order valence-corrected chi connectivity index (χ2v) is 7.75. The topological polar surface area (TPSA) is 78.8 Å². The van der Waals surface area contributed by atoms with E-state index >= 15 is 0 Å². The molecule has 0 amide bonds. The van der Waals surface area contributed by atoms with E-state index in [0.29, 0.717) is 6.61 Å². The zero-order chi connectivity index (χ0) is 19.0. The summed E-state index contributed by atoms with van der Waals surface area (Å²) in [7, 11) is 1.77. The van der Waals surface area contributed by atoms with Crippen molar-refractivity contribution in [2.45, 2.75) is 19.3 Å². The highest BCUT2D eigenvalue weighted by Crippen LogP contribution is 2.31. The Labute approximate surface area is 164 Å². The molecule has 146 valence electrons. The van der Waals surface area contributed by atoms with Crippen LogP contribution >= 0.6 is 11.3 Å². The van der Waals surface area contributed by atoms with Gasteiger partial charge in [-0.2, -0.15) is 0 Å². The third-order valence-corrected chi connectivity index (χ3v) is 5.87. The van der Waals surface area contributed by atoms with Gasteiger partial charge in [0.2, 0.25) is 0 Å². The molecule has 1 atom stereocenters. The number of hydrogen-bond donors (Lipinski definition) is 3. The highest BCUT2D eigenvalue weighted by molar-refractivity contribution is 7.13. The van der Waals surface area contributed by atoms with Gasteiger partial charge in [0.05, 0.1) is 12.3 Å². The van der Waals surface area contributed by atoms with Crippen molar-refractivity contribution in [3.63, 3.8) is 0 Å². The molecular formula is C20H28N4O2S. The van der Waals surface area contributed by atoms with Crippen LogP contribution in [-0.4, -0.2) is 56.0 Å². The number of thiazole rings is 1. The fourth-order valence-electron chi connectivity index (χ4n) is 3.25. The van der Waals surface area contributed by atoms with Crippen molar-refractivity contribution in [3.05, 3.63) is 41.4 Å². The summed E-state index contributed by atoms with van der Waals surface area (Å²) in [5.41, 5.74) is 2.25. The second-order valence-electron chi connectivity index (χ2n) is 6.89. The summed E-state index contributed by atoms with van der Waals surface area (Å²) < 4.78 is 5.54. The molecule has 0 radical (unpaired) electrons. The Morgan fingerprint density at radius 1 is 1.33 bits per heavy atom. The van der Waals surface area contributed by atoms with Crippen LogP contribution in [0.15, 0.2) is 40.7 Å². The fraction of sp³-hybridized carbons (Fsp3) is 0.500. The van der Waals surface area contributed by atoms with Crippen molar-refractivity contribution >= 4 is 17.3 Å². The third-order valence-electron chi connectivity index (χ3n) is 4.93. The summed E-state index contributed by atoms with van der Waals surface area (Å²) >= 11 is 1.68. The maximum Gasteiger partial charge on any atom is 0.191 e. The molecule has 0 aliphatic carbocycles. The molecule has 1 unspecified atom stereocenters. The van der Waals surface area contributed by atoms with Crippen molar-refractivity contribution in [2.75, 3.05) is 40.0 Å². The van der Waals surface area contributed by atoms with Gasteiger partial charge in [-0.05, 0) is 12.8 Å². The van der Waals surface area contributed by atoms with E-state index < -0.39 is 0 Å². The van der Waals surface area contributed by atoms with Crippen LogP contribution in [0.5, 0.6) is 0 Å². The molecular weight excluding hydrogens is 360 g/mol. The number of nitrogens with one attached hydrogen (secondary N) is 2. The van der Waals surface area contributed by atoms with Crippen LogP contribution in [-0.2, 0) is 11.2 Å². The summed E-state index contributed by atoms with van der Waals surface area (Å²) in [6, 6.07) is 10.3. The molecule has 1 aliphatic heterocycles. The largest absolute Gasteiger partial charge is 0.396 e. The number of hydrogen-bond acceptors (Lipinski definition) is 5. The SMILES string of the molecule is CN=C(NCCc1csc(-c2ccccc2)n1)NCC1(CCO)CCOC1. The monoisotopic (exact) mass is 388 g/mol. The molecule has 1 aliphatic rings. The molecule has 1 saturated heterocycles. The van der Waals surface area contributed by atoms with E-state index in [4.69, 9.17) is 9.72 Å². The standard InChI is InChI=1S/C20H28N4O2S/c1-21-19(23-14-20(8-11-25)9-12-26-15-20)22-10-7-17-13-27-18(24-17)16-5-3-2-4-6-16/h2-6,13,25H,7-12,14-15H2,1H3,(H2,21,22,23). The van der Waals surface area contributed by atoms with Gasteiger partial charge < -0.3 is 20.5 Å². The molecule has 2 aromatic rings. The Morgan fingerprint density at radius 2 is 2.19 bits per heavy atom. The van der Waals surface area contributed by atoms with Crippen LogP contribution in [0.2, 0.25) is 0 Å². The minimum absolute atomic E-state index is 0.00582. The number of guanidine groups is 1. The number of nitrogens with zero attached hydrogens (tertiary/aromatic N) is 2. The Hall–Kier alpha value is -1.96. The summed E-state index contributed by atoms with van der Waals surface area (Å²) in [6.07, 6.45) is 2.56. The lowest BCUT2D eigenvalue weighted by atomic mass is 9.84. The van der Waals surface area contributed by atoms with Crippen LogP contribution in [0.25, 0.3) is 10.6 Å². The number of aliphatic hydroxyl groups is 1. The van der Waals surface area contributed by atoms with Gasteiger partial charge in [-0.1, -0.05) is 30.3 Å². The van der Waals surface area contributed by atoms with Gasteiger partial charge in [0.25, 0.3) is 0 Å². The van der Waals surface area contributed by atoms with Gasteiger partial charge in [0, 0.05) is 56.1 Å². The number of aromatic nitrogens is 1. The van der Waals surface area contributed by atoms with E-state index in [-0.39, 0.29) is 12.0 Å². The molecule has 1 fully saturated rings. The smallest absolute Gasteiger partial charge is 0.191 e. The Bertz CT molecular complexity index is 727. The van der Waals surface area contributed by atoms with Crippen LogP contribution in [0.3, 0.4) is 0 Å². The third kappa shape index (κ3) is 5.51. The first-order valence-electron chi connectivity index (χ1n) is 9.38. The maximum absolute atomic E-state index is 9.33. The summed E-state index contributed by atoms with van der Waals surface area (Å²) in [4.78, 5) is 9.02. The van der Waals surface area contributed by atoms with Crippen molar-refractivity contribution in [1.29, 1.82) is 0 Å². The zero-order valence-corrected chi connectivity index (χ0v) is 16.6. The Kier molecular flexibility index (Phi) is 7.20. The molecule has 6 nitrogen and oxygen atoms in total. The molecule has 3 rings (SSSR count). The van der Waals surface area contributed by atoms with Crippen LogP contribution < -0.4 is 10.6 Å². The molecule has 0 saturated carbocycles. The van der Waals surface area contributed by atoms with Crippen LogP contribution in [0, 0.1) is 5.41 Å². The number of benzene rings is 1. The fourth-order valence-corrected chi connectivity index (χ4v) is 4.11. The van der Waals surface area contributed by atoms with E-state index in [9.17, 15) is 5.11 Å². The van der Waals surface area contributed by atoms with E-state index in [1.807, 2.05) is 18.2 Å². The number of aliphatic hydroxyl groups excluding tert-OH is 1. The summed E-state index contributed by atoms with van der Waals surface area (Å²) in [5.74, 6) is 0.776. The first kappa shape index (κ1) is 19.8. The molecule has 0 bridgehead atoms. The second kappa shape index (κ2) is 9.82. The van der Waals surface area contributed by atoms with E-state index in [1.54, 1.807) is 18.4 Å². The Morgan fingerprint density at radius 3 is 2.89 bits per heavy atom. The number of ether oxygens (including phenoxy) is 1. The van der Waals surface area contributed by atoms with Gasteiger partial charge in [0.15, 0.2) is 5.96 Å². The van der Waals surface area contributed by atoms with Gasteiger partial charge in [-0.3, -0.25) is 4.99 Å². The molecule has 2 heterocycles. The molecule has 7 heteroatoms. The predicted molar refractivity (Wildman–Crippen MR) is 110 cm³/mol. The molecule has 0 spiro atoms. The highest BCUT2D eigenvalue weighted by atomic mass is 32.1. The van der Waals surface area contributed by atoms with E-state index in [0.717, 1.165) is 61.2 Å². The van der Waals surface area contributed by atoms with Crippen molar-refractivity contribution < 1.29 is 9.84 Å².